The summed E-state index contributed by atoms with van der Waals surface area (Å²) in [4.78, 5) is 27.7. The minimum atomic E-state index is -1.06. The largest absolute Gasteiger partial charge is 0.351 e. The maximum absolute atomic E-state index is 14.8. The number of hydrogen-bond donors (Lipinski definition) is 1. The molecule has 1 unspecified atom stereocenters. The van der Waals surface area contributed by atoms with E-state index in [4.69, 9.17) is 11.6 Å². The molecule has 0 heterocycles. The molecule has 2 amide bonds. The second kappa shape index (κ2) is 11.8. The molecule has 6 heteroatoms. The molecule has 2 aromatic rings. The Hall–Kier alpha value is -2.40. The molecule has 1 fully saturated rings. The fourth-order valence-corrected chi connectivity index (χ4v) is 4.37. The van der Waals surface area contributed by atoms with Crippen LogP contribution in [0.1, 0.15) is 55.7 Å². The summed E-state index contributed by atoms with van der Waals surface area (Å²) in [5.74, 6) is -1.50. The lowest BCUT2D eigenvalue weighted by Crippen LogP contribution is -2.48. The molecule has 2 aromatic carbocycles. The average Bonchev–Trinajstić information content (AvgIpc) is 3.06. The quantitative estimate of drug-likeness (QED) is 0.459. The topological polar surface area (TPSA) is 49.4 Å². The molecule has 4 nitrogen and oxygen atoms in total. The summed E-state index contributed by atoms with van der Waals surface area (Å²) in [6, 6.07) is 14.9. The molecule has 0 bridgehead atoms. The Kier molecular flexibility index (Phi) is 8.89. The number of halogens is 2. The van der Waals surface area contributed by atoms with Crippen molar-refractivity contribution < 1.29 is 14.0 Å². The number of alkyl halides is 1. The lowest BCUT2D eigenvalue weighted by molar-refractivity contribution is -0.139. The van der Waals surface area contributed by atoms with E-state index in [1.54, 1.807) is 18.2 Å². The summed E-state index contributed by atoms with van der Waals surface area (Å²) in [7, 11) is 0. The van der Waals surface area contributed by atoms with Gasteiger partial charge in [0, 0.05) is 18.2 Å². The molecule has 0 radical (unpaired) electrons. The van der Waals surface area contributed by atoms with E-state index in [1.165, 1.54) is 11.0 Å². The lowest BCUT2D eigenvalue weighted by Gasteiger charge is -2.32. The monoisotopic (exact) mass is 444 g/mol. The van der Waals surface area contributed by atoms with Crippen LogP contribution in [0.4, 0.5) is 4.39 Å². The van der Waals surface area contributed by atoms with E-state index in [9.17, 15) is 14.0 Å². The van der Waals surface area contributed by atoms with Crippen LogP contribution in [-0.2, 0) is 16.0 Å². The molecule has 0 spiro atoms. The van der Waals surface area contributed by atoms with Crippen molar-refractivity contribution in [2.45, 2.75) is 57.0 Å². The average molecular weight is 445 g/mol. The van der Waals surface area contributed by atoms with Crippen molar-refractivity contribution in [1.82, 2.24) is 10.2 Å². The minimum absolute atomic E-state index is 0.0475. The number of nitrogens with zero attached hydrogens (tertiary/aromatic N) is 1. The molecule has 1 N–H and O–H groups in total. The maximum atomic E-state index is 14.8. The van der Waals surface area contributed by atoms with Gasteiger partial charge in [-0.2, -0.15) is 0 Å². The van der Waals surface area contributed by atoms with Crippen LogP contribution in [0.2, 0.25) is 0 Å². The van der Waals surface area contributed by atoms with Gasteiger partial charge in [-0.3, -0.25) is 9.59 Å². The Morgan fingerprint density at radius 3 is 2.29 bits per heavy atom. The predicted octanol–water partition coefficient (Wildman–Crippen LogP) is 5.02. The van der Waals surface area contributed by atoms with E-state index in [0.717, 1.165) is 44.1 Å². The van der Waals surface area contributed by atoms with Gasteiger partial charge in [0.15, 0.2) is 0 Å². The first-order chi connectivity index (χ1) is 15.1. The summed E-state index contributed by atoms with van der Waals surface area (Å²) < 4.78 is 14.8. The zero-order valence-corrected chi connectivity index (χ0v) is 18.5. The number of rotatable bonds is 8. The van der Waals surface area contributed by atoms with E-state index in [2.05, 4.69) is 5.32 Å². The van der Waals surface area contributed by atoms with Crippen LogP contribution in [0.3, 0.4) is 0 Å². The van der Waals surface area contributed by atoms with Crippen molar-refractivity contribution in [2.75, 3.05) is 12.4 Å². The van der Waals surface area contributed by atoms with Crippen molar-refractivity contribution in [3.8, 4) is 0 Å². The fourth-order valence-electron chi connectivity index (χ4n) is 4.22. The standard InChI is InChI=1S/C25H30ClFN2O2/c26-18-23(30)29(17-16-19-10-4-3-5-11-19)24(21-14-8-9-15-22(21)27)25(31)28-20-12-6-1-2-7-13-20/h3-5,8-11,14-15,20,24H,1-2,6-7,12-13,16-18H2,(H,28,31). The van der Waals surface area contributed by atoms with Crippen LogP contribution in [0, 0.1) is 5.82 Å². The van der Waals surface area contributed by atoms with Gasteiger partial charge in [-0.1, -0.05) is 74.2 Å². The van der Waals surface area contributed by atoms with Gasteiger partial charge < -0.3 is 10.2 Å². The third kappa shape index (κ3) is 6.54. The van der Waals surface area contributed by atoms with E-state index in [0.29, 0.717) is 6.42 Å². The first-order valence-corrected chi connectivity index (χ1v) is 11.6. The number of benzene rings is 2. The van der Waals surface area contributed by atoms with Crippen molar-refractivity contribution in [3.63, 3.8) is 0 Å². The van der Waals surface area contributed by atoms with Crippen molar-refractivity contribution >= 4 is 23.4 Å². The zero-order valence-electron chi connectivity index (χ0n) is 17.7. The van der Waals surface area contributed by atoms with Gasteiger partial charge in [0.1, 0.15) is 17.7 Å². The summed E-state index contributed by atoms with van der Waals surface area (Å²) >= 11 is 5.90. The van der Waals surface area contributed by atoms with Gasteiger partial charge in [-0.15, -0.1) is 11.6 Å². The highest BCUT2D eigenvalue weighted by Crippen LogP contribution is 2.26. The van der Waals surface area contributed by atoms with Gasteiger partial charge in [-0.25, -0.2) is 4.39 Å². The molecule has 1 aliphatic carbocycles. The number of carbonyl (C=O) groups is 2. The molecule has 1 aliphatic rings. The Morgan fingerprint density at radius 1 is 1.00 bits per heavy atom. The molecule has 31 heavy (non-hydrogen) atoms. The van der Waals surface area contributed by atoms with Gasteiger partial charge in [0.25, 0.3) is 0 Å². The highest BCUT2D eigenvalue weighted by molar-refractivity contribution is 6.27. The SMILES string of the molecule is O=C(NC1CCCCCC1)C(c1ccccc1F)N(CCc1ccccc1)C(=O)CCl. The molecular formula is C25H30ClFN2O2. The first-order valence-electron chi connectivity index (χ1n) is 11.0. The van der Waals surface area contributed by atoms with Crippen molar-refractivity contribution in [3.05, 3.63) is 71.5 Å². The van der Waals surface area contributed by atoms with Crippen LogP contribution in [-0.4, -0.2) is 35.2 Å². The summed E-state index contributed by atoms with van der Waals surface area (Å²) in [5, 5.41) is 3.10. The predicted molar refractivity (Wildman–Crippen MR) is 121 cm³/mol. The molecule has 0 aromatic heterocycles. The number of nitrogens with one attached hydrogen (secondary N) is 1. The van der Waals surface area contributed by atoms with E-state index in [1.807, 2.05) is 30.3 Å². The van der Waals surface area contributed by atoms with Gasteiger partial charge in [0.05, 0.1) is 0 Å². The van der Waals surface area contributed by atoms with Crippen molar-refractivity contribution in [2.24, 2.45) is 0 Å². The Morgan fingerprint density at radius 2 is 1.65 bits per heavy atom. The van der Waals surface area contributed by atoms with Crippen LogP contribution >= 0.6 is 11.6 Å². The number of carbonyl (C=O) groups excluding carboxylic acids is 2. The summed E-state index contributed by atoms with van der Waals surface area (Å²) in [6.45, 7) is 0.270. The number of hydrogen-bond acceptors (Lipinski definition) is 2. The highest BCUT2D eigenvalue weighted by Gasteiger charge is 2.33. The minimum Gasteiger partial charge on any atom is -0.351 e. The summed E-state index contributed by atoms with van der Waals surface area (Å²) in [6.07, 6.45) is 6.81. The Labute approximate surface area is 188 Å². The second-order valence-electron chi connectivity index (χ2n) is 8.08. The van der Waals surface area contributed by atoms with E-state index < -0.39 is 11.9 Å². The molecule has 0 aliphatic heterocycles. The van der Waals surface area contributed by atoms with Crippen LogP contribution in [0.5, 0.6) is 0 Å². The normalized spacial score (nSPS) is 15.7. The zero-order chi connectivity index (χ0) is 22.1. The van der Waals surface area contributed by atoms with Gasteiger partial charge in [-0.05, 0) is 30.9 Å². The Bertz CT molecular complexity index is 854. The number of amides is 2. The maximum Gasteiger partial charge on any atom is 0.247 e. The van der Waals surface area contributed by atoms with Crippen LogP contribution < -0.4 is 5.32 Å². The first kappa shape index (κ1) is 23.3. The van der Waals surface area contributed by atoms with Crippen LogP contribution in [0.15, 0.2) is 54.6 Å². The highest BCUT2D eigenvalue weighted by atomic mass is 35.5. The third-order valence-corrected chi connectivity index (χ3v) is 6.11. The summed E-state index contributed by atoms with van der Waals surface area (Å²) in [5.41, 5.74) is 1.23. The molecule has 1 atom stereocenters. The molecule has 3 rings (SSSR count). The van der Waals surface area contributed by atoms with E-state index >= 15 is 0 Å². The third-order valence-electron chi connectivity index (χ3n) is 5.88. The van der Waals surface area contributed by atoms with E-state index in [-0.39, 0.29) is 35.8 Å². The fraction of sp³-hybridized carbons (Fsp3) is 0.440. The lowest BCUT2D eigenvalue weighted by atomic mass is 10.0. The van der Waals surface area contributed by atoms with Crippen LogP contribution in [0.25, 0.3) is 0 Å². The van der Waals surface area contributed by atoms with Gasteiger partial charge in [0.2, 0.25) is 11.8 Å². The van der Waals surface area contributed by atoms with Crippen molar-refractivity contribution in [1.29, 1.82) is 0 Å². The molecule has 0 saturated heterocycles. The molecule has 1 saturated carbocycles. The molecule has 166 valence electrons. The second-order valence-corrected chi connectivity index (χ2v) is 8.34. The molecular weight excluding hydrogens is 415 g/mol. The Balaban J connectivity index is 1.88. The smallest absolute Gasteiger partial charge is 0.247 e. The van der Waals surface area contributed by atoms with Gasteiger partial charge >= 0.3 is 0 Å².